The van der Waals surface area contributed by atoms with Gasteiger partial charge in [0, 0.05) is 12.6 Å². The van der Waals surface area contributed by atoms with Crippen LogP contribution < -0.4 is 15.4 Å². The molecule has 0 radical (unpaired) electrons. The molecular weight excluding hydrogens is 434 g/mol. The zero-order chi connectivity index (χ0) is 16.9. The van der Waals surface area contributed by atoms with Gasteiger partial charge in [-0.1, -0.05) is 19.1 Å². The summed E-state index contributed by atoms with van der Waals surface area (Å²) in [6, 6.07) is 6.97. The Balaban J connectivity index is 0.00000288. The summed E-state index contributed by atoms with van der Waals surface area (Å²) in [5, 5.41) is 6.53. The van der Waals surface area contributed by atoms with Gasteiger partial charge in [0.2, 0.25) is 0 Å². The van der Waals surface area contributed by atoms with E-state index in [9.17, 15) is 13.2 Å². The number of halogens is 4. The van der Waals surface area contributed by atoms with E-state index >= 15 is 0 Å². The maximum atomic E-state index is 12.1. The number of hydrogen-bond acceptors (Lipinski definition) is 2. The Morgan fingerprint density at radius 3 is 2.42 bits per heavy atom. The van der Waals surface area contributed by atoms with Gasteiger partial charge in [-0.15, -0.1) is 24.0 Å². The number of alkyl halides is 3. The lowest BCUT2D eigenvalue weighted by Gasteiger charge is -2.11. The molecular formula is C16H23F3IN3O. The Labute approximate surface area is 157 Å². The van der Waals surface area contributed by atoms with Crippen molar-refractivity contribution in [1.82, 2.24) is 10.6 Å². The maximum absolute atomic E-state index is 12.1. The standard InChI is InChI=1S/C16H22F3N3O.HI/c1-3-20-15(22-14-8-11(14)2)21-9-12-4-6-13(7-5-12)23-10-16(17,18)19;/h4-7,11,14H,3,8-10H2,1-2H3,(H2,20,21,22);1H. The van der Waals surface area contributed by atoms with Crippen molar-refractivity contribution in [3.63, 3.8) is 0 Å². The SMILES string of the molecule is CCNC(=NCc1ccc(OCC(F)(F)F)cc1)NC1CC1C.I. The molecule has 2 rings (SSSR count). The number of benzene rings is 1. The fourth-order valence-corrected chi connectivity index (χ4v) is 2.05. The van der Waals surface area contributed by atoms with Crippen LogP contribution in [0.1, 0.15) is 25.8 Å². The number of guanidine groups is 1. The molecule has 1 aromatic carbocycles. The summed E-state index contributed by atoms with van der Waals surface area (Å²) < 4.78 is 40.9. The lowest BCUT2D eigenvalue weighted by Crippen LogP contribution is -2.39. The third-order valence-electron chi connectivity index (χ3n) is 3.52. The van der Waals surface area contributed by atoms with Crippen molar-refractivity contribution in [3.05, 3.63) is 29.8 Å². The van der Waals surface area contributed by atoms with Gasteiger partial charge in [0.15, 0.2) is 12.6 Å². The average molecular weight is 457 g/mol. The van der Waals surface area contributed by atoms with Crippen molar-refractivity contribution in [2.75, 3.05) is 13.2 Å². The van der Waals surface area contributed by atoms with E-state index in [1.165, 1.54) is 12.1 Å². The predicted molar refractivity (Wildman–Crippen MR) is 98.9 cm³/mol. The van der Waals surface area contributed by atoms with Crippen molar-refractivity contribution >= 4 is 29.9 Å². The predicted octanol–water partition coefficient (Wildman–Crippen LogP) is 3.71. The molecule has 8 heteroatoms. The lowest BCUT2D eigenvalue weighted by atomic mass is 10.2. The first kappa shape index (κ1) is 20.9. The van der Waals surface area contributed by atoms with E-state index in [1.54, 1.807) is 12.1 Å². The van der Waals surface area contributed by atoms with Crippen molar-refractivity contribution < 1.29 is 17.9 Å². The van der Waals surface area contributed by atoms with Crippen LogP contribution in [0.3, 0.4) is 0 Å². The van der Waals surface area contributed by atoms with Crippen LogP contribution >= 0.6 is 24.0 Å². The Kier molecular flexibility index (Phi) is 8.11. The van der Waals surface area contributed by atoms with Crippen LogP contribution in [-0.4, -0.2) is 31.3 Å². The molecule has 1 aliphatic rings. The molecule has 4 nitrogen and oxygen atoms in total. The summed E-state index contributed by atoms with van der Waals surface area (Å²) in [7, 11) is 0. The van der Waals surface area contributed by atoms with E-state index in [2.05, 4.69) is 27.3 Å². The molecule has 1 saturated carbocycles. The monoisotopic (exact) mass is 457 g/mol. The molecule has 0 bridgehead atoms. The van der Waals surface area contributed by atoms with E-state index in [0.29, 0.717) is 18.5 Å². The van der Waals surface area contributed by atoms with Gasteiger partial charge in [-0.25, -0.2) is 4.99 Å². The van der Waals surface area contributed by atoms with Crippen LogP contribution in [-0.2, 0) is 6.54 Å². The number of nitrogens with one attached hydrogen (secondary N) is 2. The molecule has 1 fully saturated rings. The minimum atomic E-state index is -4.32. The molecule has 0 spiro atoms. The summed E-state index contributed by atoms with van der Waals surface area (Å²) in [5.41, 5.74) is 0.908. The van der Waals surface area contributed by atoms with Crippen LogP contribution in [0.25, 0.3) is 0 Å². The highest BCUT2D eigenvalue weighted by atomic mass is 127. The third-order valence-corrected chi connectivity index (χ3v) is 3.52. The second kappa shape index (κ2) is 9.33. The smallest absolute Gasteiger partial charge is 0.422 e. The Morgan fingerprint density at radius 2 is 1.92 bits per heavy atom. The molecule has 2 atom stereocenters. The number of hydrogen-bond donors (Lipinski definition) is 2. The summed E-state index contributed by atoms with van der Waals surface area (Å²) in [5.74, 6) is 1.63. The van der Waals surface area contributed by atoms with Crippen LogP contribution in [0.2, 0.25) is 0 Å². The van der Waals surface area contributed by atoms with E-state index in [1.807, 2.05) is 6.92 Å². The quantitative estimate of drug-likeness (QED) is 0.389. The first-order valence-electron chi connectivity index (χ1n) is 7.70. The highest BCUT2D eigenvalue weighted by Gasteiger charge is 2.33. The van der Waals surface area contributed by atoms with Crippen LogP contribution in [0.4, 0.5) is 13.2 Å². The molecule has 0 amide bonds. The van der Waals surface area contributed by atoms with Gasteiger partial charge in [0.1, 0.15) is 5.75 Å². The van der Waals surface area contributed by atoms with Gasteiger partial charge in [-0.3, -0.25) is 0 Å². The molecule has 0 aliphatic heterocycles. The van der Waals surface area contributed by atoms with Gasteiger partial charge in [-0.2, -0.15) is 13.2 Å². The second-order valence-electron chi connectivity index (χ2n) is 5.71. The summed E-state index contributed by atoms with van der Waals surface area (Å²) in [4.78, 5) is 4.49. The highest BCUT2D eigenvalue weighted by molar-refractivity contribution is 14.0. The molecule has 1 aliphatic carbocycles. The van der Waals surface area contributed by atoms with E-state index < -0.39 is 12.8 Å². The summed E-state index contributed by atoms with van der Waals surface area (Å²) in [6.45, 7) is 4.13. The molecule has 136 valence electrons. The normalized spacial score (nSPS) is 20.1. The third kappa shape index (κ3) is 7.59. The number of nitrogens with zero attached hydrogens (tertiary/aromatic N) is 1. The number of ether oxygens (including phenoxy) is 1. The van der Waals surface area contributed by atoms with E-state index in [-0.39, 0.29) is 29.7 Å². The molecule has 0 saturated heterocycles. The summed E-state index contributed by atoms with van der Waals surface area (Å²) in [6.07, 6.45) is -3.18. The van der Waals surface area contributed by atoms with Gasteiger partial charge < -0.3 is 15.4 Å². The van der Waals surface area contributed by atoms with E-state index in [0.717, 1.165) is 24.5 Å². The molecule has 0 aromatic heterocycles. The first-order valence-corrected chi connectivity index (χ1v) is 7.70. The number of aliphatic imine (C=N–C) groups is 1. The Bertz CT molecular complexity index is 534. The van der Waals surface area contributed by atoms with Crippen LogP contribution in [0.15, 0.2) is 29.3 Å². The molecule has 0 heterocycles. The molecule has 2 N–H and O–H groups in total. The van der Waals surface area contributed by atoms with Crippen molar-refractivity contribution in [2.24, 2.45) is 10.9 Å². The highest BCUT2D eigenvalue weighted by Crippen LogP contribution is 2.28. The van der Waals surface area contributed by atoms with Gasteiger partial charge in [0.25, 0.3) is 0 Å². The van der Waals surface area contributed by atoms with Crippen LogP contribution in [0, 0.1) is 5.92 Å². The maximum Gasteiger partial charge on any atom is 0.422 e. The summed E-state index contributed by atoms with van der Waals surface area (Å²) >= 11 is 0. The zero-order valence-corrected chi connectivity index (χ0v) is 16.0. The Hall–Kier alpha value is -1.19. The fourth-order valence-electron chi connectivity index (χ4n) is 2.05. The largest absolute Gasteiger partial charge is 0.484 e. The fraction of sp³-hybridized carbons (Fsp3) is 0.562. The van der Waals surface area contributed by atoms with Gasteiger partial charge in [-0.05, 0) is 37.0 Å². The van der Waals surface area contributed by atoms with Gasteiger partial charge in [0.05, 0.1) is 6.54 Å². The number of rotatable bonds is 6. The van der Waals surface area contributed by atoms with Crippen molar-refractivity contribution in [2.45, 2.75) is 39.0 Å². The second-order valence-corrected chi connectivity index (χ2v) is 5.71. The lowest BCUT2D eigenvalue weighted by molar-refractivity contribution is -0.153. The average Bonchev–Trinajstić information content (AvgIpc) is 3.18. The molecule has 1 aromatic rings. The van der Waals surface area contributed by atoms with Crippen molar-refractivity contribution in [1.29, 1.82) is 0 Å². The minimum Gasteiger partial charge on any atom is -0.484 e. The Morgan fingerprint density at radius 1 is 1.29 bits per heavy atom. The van der Waals surface area contributed by atoms with E-state index in [4.69, 9.17) is 0 Å². The molecule has 2 unspecified atom stereocenters. The minimum absolute atomic E-state index is 0. The van der Waals surface area contributed by atoms with Gasteiger partial charge >= 0.3 is 6.18 Å². The topological polar surface area (TPSA) is 45.7 Å². The van der Waals surface area contributed by atoms with Crippen LogP contribution in [0.5, 0.6) is 5.75 Å². The molecule has 24 heavy (non-hydrogen) atoms. The van der Waals surface area contributed by atoms with Crippen molar-refractivity contribution in [3.8, 4) is 5.75 Å². The zero-order valence-electron chi connectivity index (χ0n) is 13.7. The first-order chi connectivity index (χ1) is 10.9.